The van der Waals surface area contributed by atoms with Gasteiger partial charge in [-0.15, -0.1) is 0 Å². The molecule has 3 N–H and O–H groups in total. The molecule has 1 saturated carbocycles. The lowest BCUT2D eigenvalue weighted by atomic mass is 9.58. The van der Waals surface area contributed by atoms with E-state index in [9.17, 15) is 9.90 Å². The Morgan fingerprint density at radius 1 is 0.667 bits per heavy atom. The minimum Gasteiger partial charge on any atom is -0.466 e. The van der Waals surface area contributed by atoms with Crippen molar-refractivity contribution < 1.29 is 20.1 Å². The van der Waals surface area contributed by atoms with E-state index < -0.39 is 0 Å². The Morgan fingerprint density at radius 3 is 1.38 bits per heavy atom. The fraction of sp³-hybridized carbons (Fsp3) is 0.971. The number of rotatable bonds is 20. The number of hydrogen-bond acceptors (Lipinski definition) is 3. The Kier molecular flexibility index (Phi) is 20.8. The molecular formula is C35H70O4. The zero-order chi connectivity index (χ0) is 28.4. The highest BCUT2D eigenvalue weighted by Gasteiger charge is 2.45. The van der Waals surface area contributed by atoms with Gasteiger partial charge in [-0.05, 0) is 54.3 Å². The lowest BCUT2D eigenvalue weighted by molar-refractivity contribution is -0.144. The van der Waals surface area contributed by atoms with Crippen LogP contribution < -0.4 is 0 Å². The number of carbonyl (C=O) groups is 1. The first-order chi connectivity index (χ1) is 18.0. The van der Waals surface area contributed by atoms with Crippen LogP contribution in [0.1, 0.15) is 177 Å². The SMILES string of the molecule is CCCCCCCCCCCCCCCCCCOC(=O)CCC1CC(C(C)(C)C)C(O)C(C(C)(C)C)C1.O. The minimum absolute atomic E-state index is 0. The smallest absolute Gasteiger partial charge is 0.305 e. The Labute approximate surface area is 244 Å². The van der Waals surface area contributed by atoms with E-state index in [1.165, 1.54) is 96.3 Å². The molecule has 0 aliphatic heterocycles. The normalized spacial score (nSPS) is 21.9. The van der Waals surface area contributed by atoms with E-state index in [1.54, 1.807) is 0 Å². The Morgan fingerprint density at radius 2 is 1.03 bits per heavy atom. The molecule has 1 aliphatic carbocycles. The van der Waals surface area contributed by atoms with E-state index >= 15 is 0 Å². The molecular weight excluding hydrogens is 484 g/mol. The number of ether oxygens (including phenoxy) is 1. The zero-order valence-corrected chi connectivity index (χ0v) is 27.4. The van der Waals surface area contributed by atoms with Gasteiger partial charge in [0, 0.05) is 6.42 Å². The first-order valence-electron chi connectivity index (χ1n) is 16.8. The van der Waals surface area contributed by atoms with Gasteiger partial charge in [0.25, 0.3) is 0 Å². The van der Waals surface area contributed by atoms with Gasteiger partial charge in [0.05, 0.1) is 12.7 Å². The summed E-state index contributed by atoms with van der Waals surface area (Å²) in [5, 5.41) is 11.1. The van der Waals surface area contributed by atoms with Gasteiger partial charge in [-0.1, -0.05) is 145 Å². The summed E-state index contributed by atoms with van der Waals surface area (Å²) in [6.45, 7) is 16.3. The molecule has 0 radical (unpaired) electrons. The lowest BCUT2D eigenvalue weighted by Gasteiger charge is -2.49. The number of carbonyl (C=O) groups excluding carboxylic acids is 1. The van der Waals surface area contributed by atoms with E-state index in [-0.39, 0.29) is 40.2 Å². The summed E-state index contributed by atoms with van der Waals surface area (Å²) >= 11 is 0. The summed E-state index contributed by atoms with van der Waals surface area (Å²) in [4.78, 5) is 12.4. The van der Waals surface area contributed by atoms with Crippen molar-refractivity contribution in [2.45, 2.75) is 183 Å². The van der Waals surface area contributed by atoms with Crippen molar-refractivity contribution in [1.29, 1.82) is 0 Å². The Balaban J connectivity index is 0.0000144. The van der Waals surface area contributed by atoms with Crippen LogP contribution in [0.15, 0.2) is 0 Å². The predicted molar refractivity (Wildman–Crippen MR) is 168 cm³/mol. The molecule has 0 aromatic rings. The molecule has 2 unspecified atom stereocenters. The molecule has 4 nitrogen and oxygen atoms in total. The average Bonchev–Trinajstić information content (AvgIpc) is 2.83. The number of unbranched alkanes of at least 4 members (excludes halogenated alkanes) is 15. The molecule has 0 aromatic heterocycles. The summed E-state index contributed by atoms with van der Waals surface area (Å²) < 4.78 is 5.57. The van der Waals surface area contributed by atoms with Crippen molar-refractivity contribution in [2.24, 2.45) is 28.6 Å². The van der Waals surface area contributed by atoms with E-state index in [1.807, 2.05) is 0 Å². The van der Waals surface area contributed by atoms with Crippen molar-refractivity contribution in [3.05, 3.63) is 0 Å². The number of hydrogen-bond donors (Lipinski definition) is 1. The zero-order valence-electron chi connectivity index (χ0n) is 27.4. The van der Waals surface area contributed by atoms with Crippen molar-refractivity contribution in [1.82, 2.24) is 0 Å². The molecule has 4 heteroatoms. The molecule has 0 aromatic carbocycles. The van der Waals surface area contributed by atoms with Crippen LogP contribution in [0.2, 0.25) is 0 Å². The quantitative estimate of drug-likeness (QED) is 0.120. The van der Waals surface area contributed by atoms with Crippen molar-refractivity contribution in [3.63, 3.8) is 0 Å². The van der Waals surface area contributed by atoms with Crippen LogP contribution >= 0.6 is 0 Å². The highest BCUT2D eigenvalue weighted by Crippen LogP contribution is 2.49. The van der Waals surface area contributed by atoms with Gasteiger partial charge in [0.2, 0.25) is 0 Å². The van der Waals surface area contributed by atoms with Gasteiger partial charge in [-0.2, -0.15) is 0 Å². The first-order valence-corrected chi connectivity index (χ1v) is 16.8. The maximum atomic E-state index is 12.4. The number of esters is 1. The second-order valence-corrected chi connectivity index (χ2v) is 14.8. The third-order valence-corrected chi connectivity index (χ3v) is 9.24. The van der Waals surface area contributed by atoms with Crippen molar-refractivity contribution >= 4 is 5.97 Å². The summed E-state index contributed by atoms with van der Waals surface area (Å²) in [7, 11) is 0. The monoisotopic (exact) mass is 555 g/mol. The van der Waals surface area contributed by atoms with E-state index in [2.05, 4.69) is 48.5 Å². The van der Waals surface area contributed by atoms with Crippen LogP contribution in [0.25, 0.3) is 0 Å². The molecule has 1 rings (SSSR count). The molecule has 0 saturated heterocycles. The molecule has 2 atom stereocenters. The summed E-state index contributed by atoms with van der Waals surface area (Å²) in [6.07, 6.45) is 24.9. The van der Waals surface area contributed by atoms with Crippen LogP contribution in [0, 0.1) is 28.6 Å². The third kappa shape index (κ3) is 17.7. The topological polar surface area (TPSA) is 78.0 Å². The van der Waals surface area contributed by atoms with Crippen LogP contribution in [0.3, 0.4) is 0 Å². The highest BCUT2D eigenvalue weighted by molar-refractivity contribution is 5.69. The average molecular weight is 555 g/mol. The summed E-state index contributed by atoms with van der Waals surface area (Å²) in [5.41, 5.74) is 0.157. The van der Waals surface area contributed by atoms with E-state index in [0.29, 0.717) is 18.9 Å². The van der Waals surface area contributed by atoms with E-state index in [0.717, 1.165) is 25.7 Å². The van der Waals surface area contributed by atoms with Crippen LogP contribution in [-0.4, -0.2) is 29.3 Å². The van der Waals surface area contributed by atoms with Crippen molar-refractivity contribution in [2.75, 3.05) is 6.61 Å². The summed E-state index contributed by atoms with van der Waals surface area (Å²) in [5.74, 6) is 1.03. The minimum atomic E-state index is -0.256. The molecule has 1 fully saturated rings. The third-order valence-electron chi connectivity index (χ3n) is 9.24. The fourth-order valence-electron chi connectivity index (χ4n) is 6.57. The molecule has 39 heavy (non-hydrogen) atoms. The predicted octanol–water partition coefficient (Wildman–Crippen LogP) is 9.84. The van der Waals surface area contributed by atoms with Gasteiger partial charge in [-0.25, -0.2) is 0 Å². The summed E-state index contributed by atoms with van der Waals surface area (Å²) in [6, 6.07) is 0. The van der Waals surface area contributed by atoms with Gasteiger partial charge in [0.1, 0.15) is 0 Å². The van der Waals surface area contributed by atoms with Gasteiger partial charge >= 0.3 is 5.97 Å². The molecule has 0 amide bonds. The molecule has 1 aliphatic rings. The van der Waals surface area contributed by atoms with Crippen molar-refractivity contribution in [3.8, 4) is 0 Å². The van der Waals surface area contributed by atoms with Crippen LogP contribution in [0.5, 0.6) is 0 Å². The second-order valence-electron chi connectivity index (χ2n) is 14.8. The molecule has 234 valence electrons. The Hall–Kier alpha value is -0.610. The highest BCUT2D eigenvalue weighted by atomic mass is 16.5. The standard InChI is InChI=1S/C35H68O3.H2O/c1-8-9-10-11-12-13-14-15-16-17-18-19-20-21-22-23-26-38-32(36)25-24-29-27-30(34(2,3)4)33(37)31(28-29)35(5,6)7;/h29-31,33,37H,8-28H2,1-7H3;1H2. The maximum Gasteiger partial charge on any atom is 0.305 e. The maximum absolute atomic E-state index is 12.4. The van der Waals surface area contributed by atoms with Crippen LogP contribution in [0.4, 0.5) is 0 Å². The fourth-order valence-corrected chi connectivity index (χ4v) is 6.57. The first kappa shape index (κ1) is 38.4. The molecule has 0 bridgehead atoms. The second kappa shape index (κ2) is 21.1. The lowest BCUT2D eigenvalue weighted by Crippen LogP contribution is -2.47. The Bertz CT molecular complexity index is 564. The number of aliphatic hydroxyl groups is 1. The van der Waals surface area contributed by atoms with Crippen LogP contribution in [-0.2, 0) is 9.53 Å². The van der Waals surface area contributed by atoms with E-state index in [4.69, 9.17) is 4.74 Å². The molecule has 0 heterocycles. The molecule has 0 spiro atoms. The number of aliphatic hydroxyl groups excluding tert-OH is 1. The van der Waals surface area contributed by atoms with Gasteiger partial charge in [0.15, 0.2) is 0 Å². The van der Waals surface area contributed by atoms with Gasteiger partial charge in [-0.3, -0.25) is 4.79 Å². The largest absolute Gasteiger partial charge is 0.466 e. The van der Waals surface area contributed by atoms with Gasteiger partial charge < -0.3 is 15.3 Å².